The van der Waals surface area contributed by atoms with Crippen LogP contribution in [-0.2, 0) is 17.6 Å². The first-order chi connectivity index (χ1) is 21.0. The minimum absolute atomic E-state index is 0.00989. The minimum atomic E-state index is -4.66. The molecule has 2 N–H and O–H groups in total. The van der Waals surface area contributed by atoms with Crippen LogP contribution < -0.4 is 15.4 Å². The number of carbonyl (C=O) groups is 1. The summed E-state index contributed by atoms with van der Waals surface area (Å²) in [7, 11) is 0. The number of ether oxygens (including phenoxy) is 1. The number of nitriles is 1. The number of benzene rings is 3. The summed E-state index contributed by atoms with van der Waals surface area (Å²) in [5, 5.41) is 10.6. The number of nitrogens with zero attached hydrogens (tertiary/aromatic N) is 2. The average molecular weight is 659 g/mol. The molecule has 0 saturated carbocycles. The highest BCUT2D eigenvalue weighted by atomic mass is 35.5. The molecule has 11 heteroatoms. The zero-order valence-electron chi connectivity index (χ0n) is 24.9. The standard InChI is InChI=1S/C34H29Cl2F4N3O2/c1-17-9-18(2)22(10-19(17)16-45-29-8-6-21(37)12-25(29)36)30-23(15-41)32(42)43(27-13-33(3,4)14-28(44)31(27)30)26-11-20(34(38,39)40)5-7-24(26)35/h5-12,30H,13-14,16,42H2,1-4H3. The summed E-state index contributed by atoms with van der Waals surface area (Å²) >= 11 is 12.6. The Morgan fingerprint density at radius 3 is 2.40 bits per heavy atom. The topological polar surface area (TPSA) is 79.4 Å². The Morgan fingerprint density at radius 1 is 1.04 bits per heavy atom. The fraction of sp³-hybridized carbons (Fsp3) is 0.294. The SMILES string of the molecule is Cc1cc(C)c(C2C(C#N)=C(N)N(c3cc(C(F)(F)F)ccc3Cl)C3=C2C(=O)CC(C)(C)C3)cc1COc1ccc(F)cc1Cl. The monoisotopic (exact) mass is 657 g/mol. The average Bonchev–Trinajstić information content (AvgIpc) is 2.92. The van der Waals surface area contributed by atoms with Crippen LogP contribution in [0.5, 0.6) is 5.75 Å². The minimum Gasteiger partial charge on any atom is -0.487 e. The fourth-order valence-corrected chi connectivity index (χ4v) is 6.51. The van der Waals surface area contributed by atoms with E-state index in [2.05, 4.69) is 6.07 Å². The molecule has 5 rings (SSSR count). The molecule has 0 fully saturated rings. The second-order valence-corrected chi connectivity index (χ2v) is 13.0. The third kappa shape index (κ3) is 6.14. The molecule has 3 aromatic rings. The van der Waals surface area contributed by atoms with Crippen LogP contribution in [0.1, 0.15) is 60.4 Å². The van der Waals surface area contributed by atoms with Crippen molar-refractivity contribution >= 4 is 34.7 Å². The molecule has 0 saturated heterocycles. The number of alkyl halides is 3. The summed E-state index contributed by atoms with van der Waals surface area (Å²) in [5.41, 5.74) is 8.79. The maximum absolute atomic E-state index is 14.0. The normalized spacial score (nSPS) is 18.2. The first kappa shape index (κ1) is 32.4. The van der Waals surface area contributed by atoms with Gasteiger partial charge in [-0.2, -0.15) is 18.4 Å². The molecule has 1 atom stereocenters. The largest absolute Gasteiger partial charge is 0.487 e. The third-order valence-corrected chi connectivity index (χ3v) is 8.82. The van der Waals surface area contributed by atoms with Crippen molar-refractivity contribution in [3.05, 3.63) is 115 Å². The van der Waals surface area contributed by atoms with Crippen molar-refractivity contribution < 1.29 is 27.1 Å². The maximum Gasteiger partial charge on any atom is 0.416 e. The van der Waals surface area contributed by atoms with E-state index in [1.54, 1.807) is 0 Å². The second kappa shape index (κ2) is 11.7. The van der Waals surface area contributed by atoms with Crippen LogP contribution >= 0.6 is 23.2 Å². The van der Waals surface area contributed by atoms with Gasteiger partial charge in [0.2, 0.25) is 0 Å². The molecule has 0 aromatic heterocycles. The highest BCUT2D eigenvalue weighted by Crippen LogP contribution is 2.52. The van der Waals surface area contributed by atoms with Crippen LogP contribution in [0.3, 0.4) is 0 Å². The molecule has 0 spiro atoms. The molecule has 0 bridgehead atoms. The van der Waals surface area contributed by atoms with Crippen molar-refractivity contribution in [3.63, 3.8) is 0 Å². The van der Waals surface area contributed by atoms with Crippen LogP contribution in [0.15, 0.2) is 71.2 Å². The number of anilines is 1. The van der Waals surface area contributed by atoms with E-state index in [4.69, 9.17) is 33.7 Å². The molecule has 1 unspecified atom stereocenters. The van der Waals surface area contributed by atoms with E-state index in [1.165, 1.54) is 17.0 Å². The summed E-state index contributed by atoms with van der Waals surface area (Å²) in [6.45, 7) is 7.57. The molecule has 3 aromatic carbocycles. The van der Waals surface area contributed by atoms with Gasteiger partial charge in [-0.1, -0.05) is 49.2 Å². The predicted octanol–water partition coefficient (Wildman–Crippen LogP) is 9.29. The molecule has 5 nitrogen and oxygen atoms in total. The molecule has 2 aliphatic rings. The molecule has 0 radical (unpaired) electrons. The van der Waals surface area contributed by atoms with E-state index in [1.807, 2.05) is 39.8 Å². The van der Waals surface area contributed by atoms with Gasteiger partial charge in [0.1, 0.15) is 24.0 Å². The van der Waals surface area contributed by atoms with E-state index >= 15 is 0 Å². The van der Waals surface area contributed by atoms with E-state index in [-0.39, 0.29) is 57.3 Å². The third-order valence-electron chi connectivity index (χ3n) is 8.21. The Labute approximate surface area is 268 Å². The van der Waals surface area contributed by atoms with Gasteiger partial charge in [0.05, 0.1) is 38.9 Å². The quantitative estimate of drug-likeness (QED) is 0.277. The Balaban J connectivity index is 1.69. The molecule has 1 aliphatic carbocycles. The fourth-order valence-electron chi connectivity index (χ4n) is 6.09. The van der Waals surface area contributed by atoms with Gasteiger partial charge in [-0.15, -0.1) is 0 Å². The van der Waals surface area contributed by atoms with Gasteiger partial charge in [0.15, 0.2) is 5.78 Å². The van der Waals surface area contributed by atoms with Crippen molar-refractivity contribution in [2.75, 3.05) is 4.90 Å². The molecule has 1 aliphatic heterocycles. The number of Topliss-reactive ketones (excluding diaryl/α,β-unsaturated/α-hetero) is 1. The van der Waals surface area contributed by atoms with Gasteiger partial charge in [0.25, 0.3) is 0 Å². The lowest BCUT2D eigenvalue weighted by atomic mass is 9.68. The van der Waals surface area contributed by atoms with Gasteiger partial charge in [-0.05, 0) is 84.3 Å². The maximum atomic E-state index is 14.0. The Morgan fingerprint density at radius 2 is 1.76 bits per heavy atom. The number of hydrogen-bond acceptors (Lipinski definition) is 5. The number of halogens is 6. The lowest BCUT2D eigenvalue weighted by Gasteiger charge is -2.44. The van der Waals surface area contributed by atoms with Gasteiger partial charge in [0, 0.05) is 17.7 Å². The van der Waals surface area contributed by atoms with Gasteiger partial charge in [-0.25, -0.2) is 4.39 Å². The molecular formula is C34H29Cl2F4N3O2. The lowest BCUT2D eigenvalue weighted by Crippen LogP contribution is -2.42. The van der Waals surface area contributed by atoms with Crippen LogP contribution in [0, 0.1) is 36.4 Å². The Kier molecular flexibility index (Phi) is 8.45. The predicted molar refractivity (Wildman–Crippen MR) is 165 cm³/mol. The smallest absolute Gasteiger partial charge is 0.416 e. The Hall–Kier alpha value is -4.00. The summed E-state index contributed by atoms with van der Waals surface area (Å²) in [5.74, 6) is -1.46. The van der Waals surface area contributed by atoms with Gasteiger partial charge >= 0.3 is 6.18 Å². The molecule has 1 heterocycles. The molecule has 45 heavy (non-hydrogen) atoms. The Bertz CT molecular complexity index is 1840. The first-order valence-corrected chi connectivity index (χ1v) is 14.8. The summed E-state index contributed by atoms with van der Waals surface area (Å²) in [6.07, 6.45) is -4.21. The second-order valence-electron chi connectivity index (χ2n) is 12.1. The molecule has 234 valence electrons. The summed E-state index contributed by atoms with van der Waals surface area (Å²) in [4.78, 5) is 15.3. The van der Waals surface area contributed by atoms with Crippen LogP contribution in [0.25, 0.3) is 0 Å². The summed E-state index contributed by atoms with van der Waals surface area (Å²) in [6, 6.07) is 12.6. The van der Waals surface area contributed by atoms with Gasteiger partial charge in [-0.3, -0.25) is 9.69 Å². The molecule has 0 amide bonds. The number of aryl methyl sites for hydroxylation is 2. The summed E-state index contributed by atoms with van der Waals surface area (Å²) < 4.78 is 60.8. The van der Waals surface area contributed by atoms with Crippen LogP contribution in [0.4, 0.5) is 23.2 Å². The lowest BCUT2D eigenvalue weighted by molar-refractivity contribution is -0.137. The number of carbonyl (C=O) groups excluding carboxylic acids is 1. The zero-order valence-corrected chi connectivity index (χ0v) is 26.4. The van der Waals surface area contributed by atoms with Crippen molar-refractivity contribution in [2.45, 2.75) is 59.2 Å². The van der Waals surface area contributed by atoms with E-state index in [9.17, 15) is 27.6 Å². The van der Waals surface area contributed by atoms with Crippen LogP contribution in [0.2, 0.25) is 10.0 Å². The zero-order chi connectivity index (χ0) is 33.0. The van der Waals surface area contributed by atoms with Crippen molar-refractivity contribution in [2.24, 2.45) is 11.1 Å². The van der Waals surface area contributed by atoms with E-state index in [0.717, 1.165) is 41.0 Å². The van der Waals surface area contributed by atoms with Crippen molar-refractivity contribution in [3.8, 4) is 11.8 Å². The molecular weight excluding hydrogens is 629 g/mol. The van der Waals surface area contributed by atoms with Crippen molar-refractivity contribution in [1.82, 2.24) is 0 Å². The highest BCUT2D eigenvalue weighted by molar-refractivity contribution is 6.33. The van der Waals surface area contributed by atoms with E-state index < -0.39 is 28.9 Å². The number of hydrogen-bond donors (Lipinski definition) is 1. The number of allylic oxidation sites excluding steroid dienone is 3. The van der Waals surface area contributed by atoms with Crippen molar-refractivity contribution in [1.29, 1.82) is 5.26 Å². The first-order valence-electron chi connectivity index (χ1n) is 14.0. The van der Waals surface area contributed by atoms with E-state index in [0.29, 0.717) is 17.7 Å². The number of ketones is 1. The van der Waals surface area contributed by atoms with Gasteiger partial charge < -0.3 is 10.5 Å². The highest BCUT2D eigenvalue weighted by Gasteiger charge is 2.46. The van der Waals surface area contributed by atoms with Crippen LogP contribution in [-0.4, -0.2) is 5.78 Å². The number of rotatable bonds is 5. The number of nitrogens with two attached hydrogens (primary N) is 1.